The zero-order valence-corrected chi connectivity index (χ0v) is 11.7. The minimum Gasteiger partial charge on any atom is -0.399 e. The first-order valence-electron chi connectivity index (χ1n) is 6.31. The topological polar surface area (TPSA) is 81.1 Å². The zero-order chi connectivity index (χ0) is 14.8. The molecule has 0 radical (unpaired) electrons. The molecule has 2 aromatic carbocycles. The summed E-state index contributed by atoms with van der Waals surface area (Å²) < 4.78 is 5.17. The molecule has 0 saturated heterocycles. The van der Waals surface area contributed by atoms with Gasteiger partial charge in [-0.2, -0.15) is 0 Å². The van der Waals surface area contributed by atoms with Crippen molar-refractivity contribution in [3.05, 3.63) is 53.2 Å². The molecule has 1 aromatic heterocycles. The van der Waals surface area contributed by atoms with Gasteiger partial charge >= 0.3 is 0 Å². The molecule has 1 amide bonds. The number of nitrogen functional groups attached to an aromatic ring is 1. The third-order valence-electron chi connectivity index (χ3n) is 3.05. The van der Waals surface area contributed by atoms with Crippen LogP contribution in [0.2, 0.25) is 5.02 Å². The standard InChI is InChI=1S/C15H12ClN3O2/c16-11-7-9(17)5-6-12(11)18-15(20)8-13-10-3-1-2-4-14(10)21-19-13/h1-7H,8,17H2,(H,18,20). The van der Waals surface area contributed by atoms with Crippen molar-refractivity contribution in [2.75, 3.05) is 11.1 Å². The van der Waals surface area contributed by atoms with Crippen molar-refractivity contribution in [1.82, 2.24) is 5.16 Å². The molecule has 3 aromatic rings. The number of para-hydroxylation sites is 1. The average Bonchev–Trinajstić information content (AvgIpc) is 2.85. The molecule has 0 aliphatic carbocycles. The maximum absolute atomic E-state index is 12.1. The highest BCUT2D eigenvalue weighted by atomic mass is 35.5. The predicted molar refractivity (Wildman–Crippen MR) is 82.2 cm³/mol. The van der Waals surface area contributed by atoms with E-state index in [1.807, 2.05) is 18.2 Å². The van der Waals surface area contributed by atoms with Gasteiger partial charge in [0.05, 0.1) is 17.1 Å². The summed E-state index contributed by atoms with van der Waals surface area (Å²) in [7, 11) is 0. The SMILES string of the molecule is Nc1ccc(NC(=O)Cc2noc3ccccc23)c(Cl)c1. The quantitative estimate of drug-likeness (QED) is 0.728. The van der Waals surface area contributed by atoms with Crippen LogP contribution in [0, 0.1) is 0 Å². The van der Waals surface area contributed by atoms with Crippen LogP contribution in [0.4, 0.5) is 11.4 Å². The van der Waals surface area contributed by atoms with Crippen LogP contribution in [0.1, 0.15) is 5.69 Å². The fraction of sp³-hybridized carbons (Fsp3) is 0.0667. The zero-order valence-electron chi connectivity index (χ0n) is 11.0. The molecule has 6 heteroatoms. The third-order valence-corrected chi connectivity index (χ3v) is 3.36. The van der Waals surface area contributed by atoms with Crippen LogP contribution in [0.3, 0.4) is 0 Å². The second kappa shape index (κ2) is 5.46. The van der Waals surface area contributed by atoms with Gasteiger partial charge in [0.1, 0.15) is 5.69 Å². The molecule has 0 spiro atoms. The number of hydrogen-bond donors (Lipinski definition) is 2. The number of carbonyl (C=O) groups excluding carboxylic acids is 1. The van der Waals surface area contributed by atoms with Crippen molar-refractivity contribution >= 4 is 39.9 Å². The monoisotopic (exact) mass is 301 g/mol. The molecule has 0 aliphatic heterocycles. The lowest BCUT2D eigenvalue weighted by atomic mass is 10.1. The van der Waals surface area contributed by atoms with Gasteiger partial charge in [-0.1, -0.05) is 28.9 Å². The fourth-order valence-corrected chi connectivity index (χ4v) is 2.28. The summed E-state index contributed by atoms with van der Waals surface area (Å²) in [5.74, 6) is -0.222. The smallest absolute Gasteiger partial charge is 0.230 e. The second-order valence-electron chi connectivity index (χ2n) is 4.59. The summed E-state index contributed by atoms with van der Waals surface area (Å²) in [5, 5.41) is 7.88. The number of carbonyl (C=O) groups is 1. The van der Waals surface area contributed by atoms with Crippen molar-refractivity contribution in [1.29, 1.82) is 0 Å². The molecule has 1 heterocycles. The van der Waals surface area contributed by atoms with E-state index in [9.17, 15) is 4.79 Å². The molecule has 106 valence electrons. The summed E-state index contributed by atoms with van der Waals surface area (Å²) in [6.45, 7) is 0. The lowest BCUT2D eigenvalue weighted by molar-refractivity contribution is -0.115. The second-order valence-corrected chi connectivity index (χ2v) is 5.00. The number of nitrogens with zero attached hydrogens (tertiary/aromatic N) is 1. The first-order valence-corrected chi connectivity index (χ1v) is 6.69. The highest BCUT2D eigenvalue weighted by Gasteiger charge is 2.13. The minimum absolute atomic E-state index is 0.109. The molecule has 0 bridgehead atoms. The van der Waals surface area contributed by atoms with E-state index in [1.165, 1.54) is 0 Å². The maximum atomic E-state index is 12.1. The van der Waals surface area contributed by atoms with Crippen molar-refractivity contribution in [2.45, 2.75) is 6.42 Å². The Bertz CT molecular complexity index is 814. The van der Waals surface area contributed by atoms with Crippen molar-refractivity contribution in [2.24, 2.45) is 0 Å². The molecule has 0 atom stereocenters. The van der Waals surface area contributed by atoms with Gasteiger partial charge in [0.2, 0.25) is 5.91 Å². The summed E-state index contributed by atoms with van der Waals surface area (Å²) in [5.41, 5.74) is 7.92. The van der Waals surface area contributed by atoms with Gasteiger partial charge in [-0.25, -0.2) is 0 Å². The van der Waals surface area contributed by atoms with Crippen LogP contribution < -0.4 is 11.1 Å². The predicted octanol–water partition coefficient (Wildman–Crippen LogP) is 3.24. The van der Waals surface area contributed by atoms with E-state index < -0.39 is 0 Å². The molecule has 3 N–H and O–H groups in total. The number of fused-ring (bicyclic) bond motifs is 1. The Kier molecular flexibility index (Phi) is 3.50. The summed E-state index contributed by atoms with van der Waals surface area (Å²) in [4.78, 5) is 12.1. The molecular weight excluding hydrogens is 290 g/mol. The Morgan fingerprint density at radius 1 is 1.29 bits per heavy atom. The van der Waals surface area contributed by atoms with Gasteiger partial charge in [0, 0.05) is 11.1 Å². The van der Waals surface area contributed by atoms with Gasteiger partial charge in [-0.3, -0.25) is 4.79 Å². The Balaban J connectivity index is 1.77. The Morgan fingerprint density at radius 2 is 2.10 bits per heavy atom. The van der Waals surface area contributed by atoms with E-state index in [0.717, 1.165) is 5.39 Å². The van der Waals surface area contributed by atoms with Crippen LogP contribution in [-0.4, -0.2) is 11.1 Å². The molecule has 0 unspecified atom stereocenters. The first-order chi connectivity index (χ1) is 10.1. The number of nitrogens with two attached hydrogens (primary N) is 1. The molecule has 0 aliphatic rings. The number of rotatable bonds is 3. The molecular formula is C15H12ClN3O2. The van der Waals surface area contributed by atoms with Gasteiger partial charge in [-0.05, 0) is 30.3 Å². The highest BCUT2D eigenvalue weighted by molar-refractivity contribution is 6.34. The van der Waals surface area contributed by atoms with E-state index in [-0.39, 0.29) is 12.3 Å². The summed E-state index contributed by atoms with van der Waals surface area (Å²) in [6.07, 6.45) is 0.109. The number of aromatic nitrogens is 1. The number of amides is 1. The number of anilines is 2. The molecule has 3 rings (SSSR count). The van der Waals surface area contributed by atoms with Crippen molar-refractivity contribution in [3.8, 4) is 0 Å². The number of nitrogens with one attached hydrogen (secondary N) is 1. The van der Waals surface area contributed by atoms with Crippen LogP contribution in [-0.2, 0) is 11.2 Å². The van der Waals surface area contributed by atoms with Gasteiger partial charge in [-0.15, -0.1) is 0 Å². The van der Waals surface area contributed by atoms with E-state index in [0.29, 0.717) is 27.7 Å². The first kappa shape index (κ1) is 13.5. The normalized spacial score (nSPS) is 10.7. The Labute approximate surface area is 125 Å². The number of benzene rings is 2. The van der Waals surface area contributed by atoms with Crippen molar-refractivity contribution in [3.63, 3.8) is 0 Å². The van der Waals surface area contributed by atoms with Gasteiger partial charge < -0.3 is 15.6 Å². The van der Waals surface area contributed by atoms with Gasteiger partial charge in [0.15, 0.2) is 5.58 Å². The Hall–Kier alpha value is -2.53. The summed E-state index contributed by atoms with van der Waals surface area (Å²) in [6, 6.07) is 12.3. The van der Waals surface area contributed by atoms with Gasteiger partial charge in [0.25, 0.3) is 0 Å². The number of hydrogen-bond acceptors (Lipinski definition) is 4. The third kappa shape index (κ3) is 2.83. The van der Waals surface area contributed by atoms with E-state index in [4.69, 9.17) is 21.9 Å². The highest BCUT2D eigenvalue weighted by Crippen LogP contribution is 2.24. The fourth-order valence-electron chi connectivity index (χ4n) is 2.04. The number of halogens is 1. The van der Waals surface area contributed by atoms with E-state index in [1.54, 1.807) is 24.3 Å². The molecule has 0 saturated carbocycles. The largest absolute Gasteiger partial charge is 0.399 e. The van der Waals surface area contributed by atoms with Crippen LogP contribution in [0.15, 0.2) is 47.0 Å². The van der Waals surface area contributed by atoms with Crippen LogP contribution in [0.25, 0.3) is 11.0 Å². The maximum Gasteiger partial charge on any atom is 0.230 e. The molecule has 5 nitrogen and oxygen atoms in total. The minimum atomic E-state index is -0.222. The van der Waals surface area contributed by atoms with E-state index >= 15 is 0 Å². The van der Waals surface area contributed by atoms with Crippen LogP contribution >= 0.6 is 11.6 Å². The molecule has 0 fully saturated rings. The summed E-state index contributed by atoms with van der Waals surface area (Å²) >= 11 is 6.02. The Morgan fingerprint density at radius 3 is 2.90 bits per heavy atom. The lowest BCUT2D eigenvalue weighted by Gasteiger charge is -2.06. The molecule has 21 heavy (non-hydrogen) atoms. The lowest BCUT2D eigenvalue weighted by Crippen LogP contribution is -2.15. The van der Waals surface area contributed by atoms with Crippen molar-refractivity contribution < 1.29 is 9.32 Å². The van der Waals surface area contributed by atoms with E-state index in [2.05, 4.69) is 10.5 Å². The van der Waals surface area contributed by atoms with Crippen LogP contribution in [0.5, 0.6) is 0 Å². The average molecular weight is 302 g/mol.